The molecule has 1 heterocycles. The first kappa shape index (κ1) is 12.9. The standard InChI is InChI=1S/C12H27N3/c1-4-5-6-13(2)7-10-15-11-8-14(3)9-12-15/h4-12H2,1-3H3. The van der Waals surface area contributed by atoms with E-state index in [1.54, 1.807) is 0 Å². The highest BCUT2D eigenvalue weighted by Gasteiger charge is 2.13. The maximum Gasteiger partial charge on any atom is 0.0110 e. The molecule has 0 aromatic rings. The Morgan fingerprint density at radius 3 is 2.33 bits per heavy atom. The average molecular weight is 213 g/mol. The number of nitrogens with zero attached hydrogens (tertiary/aromatic N) is 3. The van der Waals surface area contributed by atoms with Crippen LogP contribution in [-0.2, 0) is 0 Å². The minimum Gasteiger partial charge on any atom is -0.305 e. The Morgan fingerprint density at radius 1 is 1.07 bits per heavy atom. The topological polar surface area (TPSA) is 9.72 Å². The van der Waals surface area contributed by atoms with Gasteiger partial charge in [0.2, 0.25) is 0 Å². The van der Waals surface area contributed by atoms with Crippen molar-refractivity contribution in [3.8, 4) is 0 Å². The number of unbranched alkanes of at least 4 members (excludes halogenated alkanes) is 1. The van der Waals surface area contributed by atoms with Gasteiger partial charge in [0.25, 0.3) is 0 Å². The van der Waals surface area contributed by atoms with E-state index in [4.69, 9.17) is 0 Å². The molecule has 1 rings (SSSR count). The van der Waals surface area contributed by atoms with E-state index in [9.17, 15) is 0 Å². The molecule has 0 aromatic heterocycles. The van der Waals surface area contributed by atoms with Crippen molar-refractivity contribution in [2.24, 2.45) is 0 Å². The Hall–Kier alpha value is -0.120. The van der Waals surface area contributed by atoms with Gasteiger partial charge < -0.3 is 9.80 Å². The molecule has 0 aromatic carbocycles. The second-order valence-corrected chi connectivity index (χ2v) is 4.80. The summed E-state index contributed by atoms with van der Waals surface area (Å²) in [6.45, 7) is 10.9. The minimum atomic E-state index is 1.23. The SMILES string of the molecule is CCCCN(C)CCN1CCN(C)CC1. The molecule has 1 aliphatic heterocycles. The molecule has 0 amide bonds. The Balaban J connectivity index is 2.04. The van der Waals surface area contributed by atoms with Gasteiger partial charge in [0.15, 0.2) is 0 Å². The summed E-state index contributed by atoms with van der Waals surface area (Å²) in [4.78, 5) is 7.46. The first-order valence-corrected chi connectivity index (χ1v) is 6.32. The van der Waals surface area contributed by atoms with Crippen LogP contribution in [0.3, 0.4) is 0 Å². The highest BCUT2D eigenvalue weighted by Crippen LogP contribution is 1.99. The van der Waals surface area contributed by atoms with Crippen molar-refractivity contribution >= 4 is 0 Å². The Labute approximate surface area is 95.0 Å². The molecule has 0 atom stereocenters. The van der Waals surface area contributed by atoms with E-state index in [2.05, 4.69) is 35.7 Å². The maximum atomic E-state index is 2.59. The average Bonchev–Trinajstić information content (AvgIpc) is 2.25. The predicted octanol–water partition coefficient (Wildman–Crippen LogP) is 0.966. The predicted molar refractivity (Wildman–Crippen MR) is 66.3 cm³/mol. The van der Waals surface area contributed by atoms with E-state index < -0.39 is 0 Å². The molecule has 0 saturated carbocycles. The van der Waals surface area contributed by atoms with Gasteiger partial charge in [-0.25, -0.2) is 0 Å². The van der Waals surface area contributed by atoms with E-state index in [0.717, 1.165) is 0 Å². The van der Waals surface area contributed by atoms with Gasteiger partial charge in [-0.15, -0.1) is 0 Å². The molecule has 1 fully saturated rings. The van der Waals surface area contributed by atoms with Gasteiger partial charge in [0, 0.05) is 39.3 Å². The van der Waals surface area contributed by atoms with Crippen LogP contribution in [0.4, 0.5) is 0 Å². The monoisotopic (exact) mass is 213 g/mol. The first-order chi connectivity index (χ1) is 7.22. The smallest absolute Gasteiger partial charge is 0.0110 e. The summed E-state index contributed by atoms with van der Waals surface area (Å²) in [5.74, 6) is 0. The third-order valence-electron chi connectivity index (χ3n) is 3.29. The zero-order chi connectivity index (χ0) is 11.1. The normalized spacial score (nSPS) is 20.0. The van der Waals surface area contributed by atoms with Gasteiger partial charge in [0.05, 0.1) is 0 Å². The molecule has 90 valence electrons. The van der Waals surface area contributed by atoms with Gasteiger partial charge >= 0.3 is 0 Å². The summed E-state index contributed by atoms with van der Waals surface area (Å²) < 4.78 is 0. The number of rotatable bonds is 6. The molecule has 1 saturated heterocycles. The molecule has 0 N–H and O–H groups in total. The molecule has 0 spiro atoms. The lowest BCUT2D eigenvalue weighted by atomic mass is 10.3. The van der Waals surface area contributed by atoms with Crippen molar-refractivity contribution < 1.29 is 0 Å². The zero-order valence-electron chi connectivity index (χ0n) is 10.7. The van der Waals surface area contributed by atoms with Gasteiger partial charge in [-0.2, -0.15) is 0 Å². The molecule has 0 radical (unpaired) electrons. The number of hydrogen-bond donors (Lipinski definition) is 0. The highest BCUT2D eigenvalue weighted by atomic mass is 15.3. The number of likely N-dealkylation sites (N-methyl/N-ethyl adjacent to an activating group) is 2. The molecular weight excluding hydrogens is 186 g/mol. The summed E-state index contributed by atoms with van der Waals surface area (Å²) >= 11 is 0. The van der Waals surface area contributed by atoms with E-state index in [0.29, 0.717) is 0 Å². The van der Waals surface area contributed by atoms with Crippen LogP contribution in [0, 0.1) is 0 Å². The summed E-state index contributed by atoms with van der Waals surface area (Å²) in [6, 6.07) is 0. The third-order valence-corrected chi connectivity index (χ3v) is 3.29. The van der Waals surface area contributed by atoms with Crippen LogP contribution < -0.4 is 0 Å². The first-order valence-electron chi connectivity index (χ1n) is 6.32. The molecule has 15 heavy (non-hydrogen) atoms. The quantitative estimate of drug-likeness (QED) is 0.651. The summed E-state index contributed by atoms with van der Waals surface area (Å²) in [5.41, 5.74) is 0. The summed E-state index contributed by atoms with van der Waals surface area (Å²) in [6.07, 6.45) is 2.64. The van der Waals surface area contributed by atoms with Crippen molar-refractivity contribution in [2.45, 2.75) is 19.8 Å². The van der Waals surface area contributed by atoms with Crippen molar-refractivity contribution in [3.63, 3.8) is 0 Å². The Morgan fingerprint density at radius 2 is 1.73 bits per heavy atom. The molecule has 3 nitrogen and oxygen atoms in total. The Bertz CT molecular complexity index is 153. The highest BCUT2D eigenvalue weighted by molar-refractivity contribution is 4.70. The van der Waals surface area contributed by atoms with E-state index in [1.807, 2.05) is 0 Å². The van der Waals surface area contributed by atoms with Crippen LogP contribution in [0.5, 0.6) is 0 Å². The van der Waals surface area contributed by atoms with E-state index >= 15 is 0 Å². The van der Waals surface area contributed by atoms with Gasteiger partial charge in [0.1, 0.15) is 0 Å². The van der Waals surface area contributed by atoms with Gasteiger partial charge in [-0.05, 0) is 27.1 Å². The minimum absolute atomic E-state index is 1.23. The maximum absolute atomic E-state index is 2.59. The zero-order valence-corrected chi connectivity index (χ0v) is 10.7. The molecular formula is C12H27N3. The van der Waals surface area contributed by atoms with Crippen LogP contribution in [0.15, 0.2) is 0 Å². The van der Waals surface area contributed by atoms with E-state index in [1.165, 1.54) is 58.7 Å². The molecule has 3 heteroatoms. The van der Waals surface area contributed by atoms with Gasteiger partial charge in [-0.1, -0.05) is 13.3 Å². The Kier molecular flexibility index (Phi) is 6.22. The largest absolute Gasteiger partial charge is 0.305 e. The van der Waals surface area contributed by atoms with Crippen LogP contribution in [-0.4, -0.2) is 74.6 Å². The lowest BCUT2D eigenvalue weighted by Crippen LogP contribution is -2.46. The van der Waals surface area contributed by atoms with Crippen LogP contribution in [0.1, 0.15) is 19.8 Å². The molecule has 0 unspecified atom stereocenters. The second kappa shape index (κ2) is 7.20. The van der Waals surface area contributed by atoms with Crippen LogP contribution in [0.25, 0.3) is 0 Å². The lowest BCUT2D eigenvalue weighted by molar-refractivity contribution is 0.140. The molecule has 0 bridgehead atoms. The summed E-state index contributed by atoms with van der Waals surface area (Å²) in [5, 5.41) is 0. The number of hydrogen-bond acceptors (Lipinski definition) is 3. The lowest BCUT2D eigenvalue weighted by Gasteiger charge is -2.33. The van der Waals surface area contributed by atoms with E-state index in [-0.39, 0.29) is 0 Å². The summed E-state index contributed by atoms with van der Waals surface area (Å²) in [7, 11) is 4.45. The molecule has 0 aliphatic carbocycles. The second-order valence-electron chi connectivity index (χ2n) is 4.80. The van der Waals surface area contributed by atoms with Crippen molar-refractivity contribution in [1.82, 2.24) is 14.7 Å². The fraction of sp³-hybridized carbons (Fsp3) is 1.00. The van der Waals surface area contributed by atoms with Crippen molar-refractivity contribution in [2.75, 3.05) is 59.9 Å². The molecule has 1 aliphatic rings. The van der Waals surface area contributed by atoms with Crippen LogP contribution in [0.2, 0.25) is 0 Å². The van der Waals surface area contributed by atoms with Crippen LogP contribution >= 0.6 is 0 Å². The number of piperazine rings is 1. The fourth-order valence-corrected chi connectivity index (χ4v) is 1.92. The third kappa shape index (κ3) is 5.50. The van der Waals surface area contributed by atoms with Crippen molar-refractivity contribution in [1.29, 1.82) is 0 Å². The van der Waals surface area contributed by atoms with Gasteiger partial charge in [-0.3, -0.25) is 4.90 Å². The fourth-order valence-electron chi connectivity index (χ4n) is 1.92. The van der Waals surface area contributed by atoms with Crippen molar-refractivity contribution in [3.05, 3.63) is 0 Å².